The van der Waals surface area contributed by atoms with Crippen molar-refractivity contribution in [2.24, 2.45) is 11.1 Å². The molecule has 0 amide bonds. The summed E-state index contributed by atoms with van der Waals surface area (Å²) in [6, 6.07) is 0.354. The molecule has 2 fully saturated rings. The largest absolute Gasteiger partial charge is 0.327 e. The molecule has 1 saturated heterocycles. The Labute approximate surface area is 68.7 Å². The Hall–Kier alpha value is -0.0800. The molecule has 2 aliphatic rings. The van der Waals surface area contributed by atoms with E-state index in [0.717, 1.165) is 12.0 Å². The molecule has 0 aromatic rings. The van der Waals surface area contributed by atoms with Crippen LogP contribution in [-0.2, 0) is 0 Å². The van der Waals surface area contributed by atoms with E-state index >= 15 is 0 Å². The van der Waals surface area contributed by atoms with Crippen LogP contribution in [0.25, 0.3) is 0 Å². The lowest BCUT2D eigenvalue weighted by atomic mass is 9.63. The Morgan fingerprint density at radius 2 is 2.09 bits per heavy atom. The first-order valence-corrected chi connectivity index (χ1v) is 4.68. The Balaban J connectivity index is 1.71. The van der Waals surface area contributed by atoms with Crippen molar-refractivity contribution >= 4 is 0 Å². The van der Waals surface area contributed by atoms with Crippen LogP contribution in [0, 0.1) is 5.41 Å². The third-order valence-corrected chi connectivity index (χ3v) is 3.08. The van der Waals surface area contributed by atoms with Crippen molar-refractivity contribution in [3.05, 3.63) is 0 Å². The fraction of sp³-hybridized carbons (Fsp3) is 1.00. The molecule has 1 spiro atoms. The van der Waals surface area contributed by atoms with Crippen LogP contribution >= 0.6 is 0 Å². The number of likely N-dealkylation sites (tertiary alicyclic amines) is 1. The third-order valence-electron chi connectivity index (χ3n) is 3.08. The zero-order valence-corrected chi connectivity index (χ0v) is 7.34. The van der Waals surface area contributed by atoms with E-state index in [4.69, 9.17) is 5.73 Å². The molecule has 0 bridgehead atoms. The number of nitrogens with two attached hydrogens (primary N) is 1. The van der Waals surface area contributed by atoms with Crippen molar-refractivity contribution in [3.8, 4) is 0 Å². The SMILES string of the molecule is CC(N)CN1CC2(CCC2)C1. The van der Waals surface area contributed by atoms with Gasteiger partial charge in [0.05, 0.1) is 0 Å². The van der Waals surface area contributed by atoms with Gasteiger partial charge in [-0.05, 0) is 25.2 Å². The summed E-state index contributed by atoms with van der Waals surface area (Å²) in [7, 11) is 0. The van der Waals surface area contributed by atoms with Gasteiger partial charge in [-0.1, -0.05) is 6.42 Å². The van der Waals surface area contributed by atoms with Gasteiger partial charge in [0, 0.05) is 25.7 Å². The monoisotopic (exact) mass is 154 g/mol. The standard InChI is InChI=1S/C9H18N2/c1-8(10)5-11-6-9(7-11)3-2-4-9/h8H,2-7,10H2,1H3. The fourth-order valence-corrected chi connectivity index (χ4v) is 2.43. The fourth-order valence-electron chi connectivity index (χ4n) is 2.43. The highest BCUT2D eigenvalue weighted by Crippen LogP contribution is 2.47. The first-order chi connectivity index (χ1) is 5.20. The zero-order chi connectivity index (χ0) is 7.90. The maximum absolute atomic E-state index is 5.71. The molecule has 0 radical (unpaired) electrons. The van der Waals surface area contributed by atoms with E-state index in [1.165, 1.54) is 32.4 Å². The molecule has 0 aromatic carbocycles. The van der Waals surface area contributed by atoms with Gasteiger partial charge in [0.2, 0.25) is 0 Å². The first kappa shape index (κ1) is 7.56. The molecule has 2 N–H and O–H groups in total. The summed E-state index contributed by atoms with van der Waals surface area (Å²) in [6.07, 6.45) is 4.41. The third kappa shape index (κ3) is 1.30. The topological polar surface area (TPSA) is 29.3 Å². The van der Waals surface area contributed by atoms with Crippen molar-refractivity contribution < 1.29 is 0 Å². The van der Waals surface area contributed by atoms with E-state index in [9.17, 15) is 0 Å². The maximum Gasteiger partial charge on any atom is 0.0139 e. The van der Waals surface area contributed by atoms with E-state index in [0.29, 0.717) is 6.04 Å². The minimum atomic E-state index is 0.354. The van der Waals surface area contributed by atoms with Gasteiger partial charge in [-0.3, -0.25) is 0 Å². The number of hydrogen-bond acceptors (Lipinski definition) is 2. The van der Waals surface area contributed by atoms with Crippen molar-refractivity contribution in [2.45, 2.75) is 32.2 Å². The van der Waals surface area contributed by atoms with E-state index in [1.54, 1.807) is 0 Å². The molecule has 0 aromatic heterocycles. The van der Waals surface area contributed by atoms with E-state index < -0.39 is 0 Å². The lowest BCUT2D eigenvalue weighted by Gasteiger charge is -2.56. The second-order valence-electron chi connectivity index (χ2n) is 4.50. The Bertz CT molecular complexity index is 142. The van der Waals surface area contributed by atoms with Crippen molar-refractivity contribution in [2.75, 3.05) is 19.6 Å². The lowest BCUT2D eigenvalue weighted by Crippen LogP contribution is -2.61. The molecule has 2 rings (SSSR count). The van der Waals surface area contributed by atoms with Crippen molar-refractivity contribution in [1.82, 2.24) is 4.90 Å². The lowest BCUT2D eigenvalue weighted by molar-refractivity contribution is -0.0611. The minimum Gasteiger partial charge on any atom is -0.327 e. The average molecular weight is 154 g/mol. The van der Waals surface area contributed by atoms with Crippen LogP contribution in [0.5, 0.6) is 0 Å². The van der Waals surface area contributed by atoms with Crippen LogP contribution in [0.4, 0.5) is 0 Å². The summed E-state index contributed by atoms with van der Waals surface area (Å²) in [5, 5.41) is 0. The zero-order valence-electron chi connectivity index (χ0n) is 7.34. The van der Waals surface area contributed by atoms with Gasteiger partial charge in [0.15, 0.2) is 0 Å². The molecule has 1 unspecified atom stereocenters. The molecular weight excluding hydrogens is 136 g/mol. The van der Waals surface area contributed by atoms with E-state index in [-0.39, 0.29) is 0 Å². The van der Waals surface area contributed by atoms with E-state index in [1.807, 2.05) is 0 Å². The quantitative estimate of drug-likeness (QED) is 0.638. The van der Waals surface area contributed by atoms with Crippen LogP contribution in [-0.4, -0.2) is 30.6 Å². The van der Waals surface area contributed by atoms with Gasteiger partial charge in [0.25, 0.3) is 0 Å². The molecule has 1 heterocycles. The predicted octanol–water partition coefficient (Wildman–Crippen LogP) is 0.819. The van der Waals surface area contributed by atoms with E-state index in [2.05, 4.69) is 11.8 Å². The molecule has 1 saturated carbocycles. The summed E-state index contributed by atoms with van der Waals surface area (Å²) in [5.74, 6) is 0. The van der Waals surface area contributed by atoms with Crippen molar-refractivity contribution in [1.29, 1.82) is 0 Å². The highest BCUT2D eigenvalue weighted by atomic mass is 15.2. The predicted molar refractivity (Wildman–Crippen MR) is 46.4 cm³/mol. The Kier molecular flexibility index (Phi) is 1.69. The van der Waals surface area contributed by atoms with Crippen LogP contribution in [0.15, 0.2) is 0 Å². The van der Waals surface area contributed by atoms with Crippen LogP contribution in [0.1, 0.15) is 26.2 Å². The first-order valence-electron chi connectivity index (χ1n) is 4.68. The van der Waals surface area contributed by atoms with Gasteiger partial charge in [0.1, 0.15) is 0 Å². The second-order valence-corrected chi connectivity index (χ2v) is 4.50. The Morgan fingerprint density at radius 1 is 1.45 bits per heavy atom. The van der Waals surface area contributed by atoms with Gasteiger partial charge < -0.3 is 10.6 Å². The van der Waals surface area contributed by atoms with Crippen LogP contribution in [0.3, 0.4) is 0 Å². The highest BCUT2D eigenvalue weighted by Gasteiger charge is 2.46. The minimum absolute atomic E-state index is 0.354. The maximum atomic E-state index is 5.71. The molecule has 11 heavy (non-hydrogen) atoms. The van der Waals surface area contributed by atoms with Gasteiger partial charge in [-0.25, -0.2) is 0 Å². The summed E-state index contributed by atoms with van der Waals surface area (Å²) in [6.45, 7) is 5.84. The molecule has 2 heteroatoms. The van der Waals surface area contributed by atoms with Crippen LogP contribution < -0.4 is 5.73 Å². The normalized spacial score (nSPS) is 31.1. The average Bonchev–Trinajstić information content (AvgIpc) is 1.71. The molecule has 1 aliphatic heterocycles. The second kappa shape index (κ2) is 2.46. The molecule has 1 aliphatic carbocycles. The molecular formula is C9H18N2. The van der Waals surface area contributed by atoms with Crippen molar-refractivity contribution in [3.63, 3.8) is 0 Å². The Morgan fingerprint density at radius 3 is 2.45 bits per heavy atom. The number of nitrogens with zero attached hydrogens (tertiary/aromatic N) is 1. The van der Waals surface area contributed by atoms with Crippen LogP contribution in [0.2, 0.25) is 0 Å². The highest BCUT2D eigenvalue weighted by molar-refractivity contribution is 5.00. The number of hydrogen-bond donors (Lipinski definition) is 1. The molecule has 64 valence electrons. The van der Waals surface area contributed by atoms with Gasteiger partial charge in [-0.15, -0.1) is 0 Å². The summed E-state index contributed by atoms with van der Waals surface area (Å²) < 4.78 is 0. The van der Waals surface area contributed by atoms with Gasteiger partial charge >= 0.3 is 0 Å². The summed E-state index contributed by atoms with van der Waals surface area (Å²) in [4.78, 5) is 2.49. The van der Waals surface area contributed by atoms with Gasteiger partial charge in [-0.2, -0.15) is 0 Å². The molecule has 2 nitrogen and oxygen atoms in total. The summed E-state index contributed by atoms with van der Waals surface area (Å²) >= 11 is 0. The number of rotatable bonds is 2. The molecule has 1 atom stereocenters. The smallest absolute Gasteiger partial charge is 0.0139 e. The summed E-state index contributed by atoms with van der Waals surface area (Å²) in [5.41, 5.74) is 6.48.